The molecule has 2 rings (SSSR count). The van der Waals surface area contributed by atoms with Crippen molar-refractivity contribution in [3.63, 3.8) is 0 Å². The van der Waals surface area contributed by atoms with Crippen LogP contribution in [0.5, 0.6) is 0 Å². The van der Waals surface area contributed by atoms with Crippen LogP contribution in [0.2, 0.25) is 0 Å². The molecule has 0 bridgehead atoms. The molecule has 0 radical (unpaired) electrons. The Morgan fingerprint density at radius 1 is 1.31 bits per heavy atom. The van der Waals surface area contributed by atoms with Gasteiger partial charge in [0.05, 0.1) is 0 Å². The van der Waals surface area contributed by atoms with Gasteiger partial charge in [0, 0.05) is 37.4 Å². The van der Waals surface area contributed by atoms with Gasteiger partial charge < -0.3 is 10.6 Å². The molecule has 0 saturated carbocycles. The van der Waals surface area contributed by atoms with Crippen molar-refractivity contribution in [2.45, 2.75) is 45.8 Å². The molecule has 11 heteroatoms. The molecule has 26 heavy (non-hydrogen) atoms. The number of fused-ring (bicyclic) bond motifs is 1. The van der Waals surface area contributed by atoms with Gasteiger partial charge in [-0.2, -0.15) is 18.2 Å². The summed E-state index contributed by atoms with van der Waals surface area (Å²) < 4.78 is 39.4. The molecule has 0 spiro atoms. The van der Waals surface area contributed by atoms with E-state index in [9.17, 15) is 18.0 Å². The number of halogens is 4. The van der Waals surface area contributed by atoms with Gasteiger partial charge in [-0.25, -0.2) is 9.50 Å². The van der Waals surface area contributed by atoms with Crippen LogP contribution < -0.4 is 5.73 Å². The first-order valence-corrected chi connectivity index (χ1v) is 7.82. The quantitative estimate of drug-likeness (QED) is 0.836. The number of aryl methyl sites for hydroxylation is 2. The SMILES string of the molecule is Cc1nc2nc(C(F)(F)F)nn2c(C)c1CCC(=O)N(C)C(C)CN.Cl. The third-order valence-corrected chi connectivity index (χ3v) is 4.29. The van der Waals surface area contributed by atoms with Gasteiger partial charge in [0.15, 0.2) is 0 Å². The number of nitrogens with zero attached hydrogens (tertiary/aromatic N) is 5. The highest BCUT2D eigenvalue weighted by atomic mass is 35.5. The van der Waals surface area contributed by atoms with Gasteiger partial charge in [-0.3, -0.25) is 4.79 Å². The summed E-state index contributed by atoms with van der Waals surface area (Å²) >= 11 is 0. The van der Waals surface area contributed by atoms with Crippen LogP contribution in [0.15, 0.2) is 0 Å². The zero-order chi connectivity index (χ0) is 18.9. The number of nitrogens with two attached hydrogens (primary N) is 1. The maximum absolute atomic E-state index is 12.8. The van der Waals surface area contributed by atoms with Crippen LogP contribution >= 0.6 is 12.4 Å². The molecule has 1 unspecified atom stereocenters. The number of carbonyl (C=O) groups is 1. The average Bonchev–Trinajstić information content (AvgIpc) is 2.97. The molecule has 2 aromatic rings. The lowest BCUT2D eigenvalue weighted by Gasteiger charge is -2.23. The van der Waals surface area contributed by atoms with E-state index < -0.39 is 12.0 Å². The minimum Gasteiger partial charge on any atom is -0.342 e. The van der Waals surface area contributed by atoms with Crippen LogP contribution in [-0.4, -0.2) is 50.0 Å². The number of likely N-dealkylation sites (N-methyl/N-ethyl adjacent to an activating group) is 1. The van der Waals surface area contributed by atoms with E-state index in [1.165, 1.54) is 0 Å². The van der Waals surface area contributed by atoms with Crippen LogP contribution in [0, 0.1) is 13.8 Å². The topological polar surface area (TPSA) is 89.4 Å². The number of amides is 1. The van der Waals surface area contributed by atoms with Crippen LogP contribution in [-0.2, 0) is 17.4 Å². The van der Waals surface area contributed by atoms with Gasteiger partial charge in [0.1, 0.15) is 0 Å². The average molecular weight is 395 g/mol. The maximum atomic E-state index is 12.8. The standard InChI is InChI=1S/C15H21F3N6O.ClH/c1-8(7-19)23(4)12(25)6-5-11-9(2)20-14-21-13(15(16,17)18)22-24(14)10(11)3;/h8H,5-7,19H2,1-4H3;1H. The fraction of sp³-hybridized carbons (Fsp3) is 0.600. The Hall–Kier alpha value is -1.94. The first-order chi connectivity index (χ1) is 11.6. The number of carbonyl (C=O) groups excluding carboxylic acids is 1. The third kappa shape index (κ3) is 4.42. The molecule has 146 valence electrons. The van der Waals surface area contributed by atoms with E-state index in [4.69, 9.17) is 5.73 Å². The van der Waals surface area contributed by atoms with Crippen molar-refractivity contribution in [1.82, 2.24) is 24.5 Å². The van der Waals surface area contributed by atoms with E-state index in [1.54, 1.807) is 25.8 Å². The van der Waals surface area contributed by atoms with Gasteiger partial charge in [0.2, 0.25) is 5.91 Å². The molecule has 2 N–H and O–H groups in total. The Bertz CT molecular complexity index is 792. The fourth-order valence-corrected chi connectivity index (χ4v) is 2.50. The summed E-state index contributed by atoms with van der Waals surface area (Å²) in [6.07, 6.45) is -4.08. The van der Waals surface area contributed by atoms with E-state index in [-0.39, 0.29) is 36.6 Å². The lowest BCUT2D eigenvalue weighted by atomic mass is 10.1. The zero-order valence-electron chi connectivity index (χ0n) is 15.0. The third-order valence-electron chi connectivity index (χ3n) is 4.29. The van der Waals surface area contributed by atoms with E-state index in [2.05, 4.69) is 15.1 Å². The van der Waals surface area contributed by atoms with Crippen LogP contribution in [0.25, 0.3) is 5.78 Å². The second-order valence-electron chi connectivity index (χ2n) is 6.00. The highest BCUT2D eigenvalue weighted by Crippen LogP contribution is 2.27. The van der Waals surface area contributed by atoms with Gasteiger partial charge in [-0.05, 0) is 32.8 Å². The first-order valence-electron chi connectivity index (χ1n) is 7.82. The Morgan fingerprint density at radius 3 is 2.46 bits per heavy atom. The molecule has 1 amide bonds. The Morgan fingerprint density at radius 2 is 1.92 bits per heavy atom. The van der Waals surface area contributed by atoms with E-state index in [1.807, 2.05) is 6.92 Å². The second-order valence-corrected chi connectivity index (χ2v) is 6.00. The highest BCUT2D eigenvalue weighted by molar-refractivity contribution is 5.85. The second kappa shape index (κ2) is 8.17. The molecule has 0 fully saturated rings. The Labute approximate surface area is 155 Å². The summed E-state index contributed by atoms with van der Waals surface area (Å²) in [5.74, 6) is -1.43. The monoisotopic (exact) mass is 394 g/mol. The van der Waals surface area contributed by atoms with Crippen molar-refractivity contribution in [3.05, 3.63) is 22.8 Å². The molecule has 0 aliphatic rings. The number of hydrogen-bond donors (Lipinski definition) is 1. The van der Waals surface area contributed by atoms with Crippen molar-refractivity contribution < 1.29 is 18.0 Å². The molecular weight excluding hydrogens is 373 g/mol. The molecule has 0 aliphatic heterocycles. The van der Waals surface area contributed by atoms with E-state index in [0.29, 0.717) is 29.9 Å². The van der Waals surface area contributed by atoms with Crippen molar-refractivity contribution in [1.29, 1.82) is 0 Å². The van der Waals surface area contributed by atoms with Gasteiger partial charge >= 0.3 is 6.18 Å². The molecule has 0 aliphatic carbocycles. The zero-order valence-corrected chi connectivity index (χ0v) is 15.8. The predicted molar refractivity (Wildman–Crippen MR) is 92.1 cm³/mol. The summed E-state index contributed by atoms with van der Waals surface area (Å²) in [5.41, 5.74) is 7.27. The lowest BCUT2D eigenvalue weighted by molar-refractivity contribution is -0.144. The molecule has 7 nitrogen and oxygen atoms in total. The number of rotatable bonds is 5. The normalized spacial score (nSPS) is 12.8. The van der Waals surface area contributed by atoms with Gasteiger partial charge in [0.25, 0.3) is 11.6 Å². The van der Waals surface area contributed by atoms with Crippen molar-refractivity contribution >= 4 is 24.1 Å². The summed E-state index contributed by atoms with van der Waals surface area (Å²) in [4.78, 5) is 21.3. The smallest absolute Gasteiger partial charge is 0.342 e. The van der Waals surface area contributed by atoms with Crippen molar-refractivity contribution in [2.24, 2.45) is 5.73 Å². The fourth-order valence-electron chi connectivity index (χ4n) is 2.50. The van der Waals surface area contributed by atoms with Gasteiger partial charge in [-0.1, -0.05) is 0 Å². The first kappa shape index (κ1) is 22.1. The number of hydrogen-bond acceptors (Lipinski definition) is 5. The number of aromatic nitrogens is 4. The summed E-state index contributed by atoms with van der Waals surface area (Å²) in [7, 11) is 1.67. The molecular formula is C15H22ClF3N6O. The lowest BCUT2D eigenvalue weighted by Crippen LogP contribution is -2.39. The predicted octanol–water partition coefficient (Wildman–Crippen LogP) is 1.92. The molecule has 2 aromatic heterocycles. The highest BCUT2D eigenvalue weighted by Gasteiger charge is 2.37. The minimum absolute atomic E-state index is 0. The van der Waals surface area contributed by atoms with Crippen LogP contribution in [0.4, 0.5) is 13.2 Å². The molecule has 0 saturated heterocycles. The summed E-state index contributed by atoms with van der Waals surface area (Å²) in [6.45, 7) is 5.52. The number of alkyl halides is 3. The molecule has 2 heterocycles. The Balaban J connectivity index is 0.00000338. The molecule has 1 atom stereocenters. The van der Waals surface area contributed by atoms with Crippen molar-refractivity contribution in [2.75, 3.05) is 13.6 Å². The summed E-state index contributed by atoms with van der Waals surface area (Å²) in [5, 5.41) is 3.50. The van der Waals surface area contributed by atoms with Crippen LogP contribution in [0.1, 0.15) is 36.1 Å². The summed E-state index contributed by atoms with van der Waals surface area (Å²) in [6, 6.07) is -0.0834. The molecule has 0 aromatic carbocycles. The van der Waals surface area contributed by atoms with E-state index >= 15 is 0 Å². The van der Waals surface area contributed by atoms with Crippen LogP contribution in [0.3, 0.4) is 0 Å². The van der Waals surface area contributed by atoms with Crippen molar-refractivity contribution in [3.8, 4) is 0 Å². The maximum Gasteiger partial charge on any atom is 0.453 e. The van der Waals surface area contributed by atoms with Gasteiger partial charge in [-0.15, -0.1) is 17.5 Å². The van der Waals surface area contributed by atoms with E-state index in [0.717, 1.165) is 4.52 Å². The Kier molecular flexibility index (Phi) is 6.95. The largest absolute Gasteiger partial charge is 0.453 e. The minimum atomic E-state index is -4.63.